The Morgan fingerprint density at radius 3 is 1.17 bits per heavy atom. The second-order valence-electron chi connectivity index (χ2n) is 10.3. The van der Waals surface area contributed by atoms with E-state index in [1.54, 1.807) is 0 Å². The van der Waals surface area contributed by atoms with Gasteiger partial charge in [0.1, 0.15) is 0 Å². The predicted octanol–water partition coefficient (Wildman–Crippen LogP) is 9.91. The molecule has 0 saturated heterocycles. The van der Waals surface area contributed by atoms with Gasteiger partial charge in [-0.3, -0.25) is 0 Å². The number of esters is 2. The van der Waals surface area contributed by atoms with Crippen molar-refractivity contribution in [3.05, 3.63) is 25.3 Å². The molecule has 0 aromatic carbocycles. The number of ether oxygens (including phenoxy) is 2. The van der Waals surface area contributed by atoms with Crippen LogP contribution in [0.25, 0.3) is 0 Å². The molecule has 0 spiro atoms. The standard InChI is InChI=1S/C21H40O2.C11H20O2/c1-3-5-6-7-8-9-10-11-12-13-14-15-16-17-18-19-20-23-21(22)4-2;1-4-11(12)13-9-7-5-6-8-10(2)3/h4H,2-3,5-20H2,1H3;4,10H,1,5-9H2,2-3H3. The van der Waals surface area contributed by atoms with Gasteiger partial charge in [-0.1, -0.05) is 150 Å². The van der Waals surface area contributed by atoms with E-state index in [-0.39, 0.29) is 11.9 Å². The molecule has 0 N–H and O–H groups in total. The first kappa shape index (κ1) is 36.6. The van der Waals surface area contributed by atoms with Crippen LogP contribution < -0.4 is 0 Å². The van der Waals surface area contributed by atoms with Crippen LogP contribution in [-0.2, 0) is 19.1 Å². The van der Waals surface area contributed by atoms with Crippen LogP contribution in [0.2, 0.25) is 0 Å². The number of rotatable bonds is 25. The second kappa shape index (κ2) is 31.4. The number of carbonyl (C=O) groups excluding carboxylic acids is 2. The van der Waals surface area contributed by atoms with Gasteiger partial charge in [0.2, 0.25) is 0 Å². The average molecular weight is 509 g/mol. The third-order valence-electron chi connectivity index (χ3n) is 6.25. The molecule has 0 saturated carbocycles. The molecule has 0 aromatic rings. The van der Waals surface area contributed by atoms with Crippen LogP contribution >= 0.6 is 0 Å². The third kappa shape index (κ3) is 34.6. The average Bonchev–Trinajstić information content (AvgIpc) is 2.87. The summed E-state index contributed by atoms with van der Waals surface area (Å²) in [6, 6.07) is 0. The minimum atomic E-state index is -0.316. The Kier molecular flexibility index (Phi) is 32.0. The van der Waals surface area contributed by atoms with Crippen LogP contribution in [0, 0.1) is 5.92 Å². The number of unbranched alkanes of at least 4 members (excludes halogenated alkanes) is 17. The summed E-state index contributed by atoms with van der Waals surface area (Å²) < 4.78 is 9.79. The Morgan fingerprint density at radius 1 is 0.556 bits per heavy atom. The van der Waals surface area contributed by atoms with Gasteiger partial charge >= 0.3 is 11.9 Å². The highest BCUT2D eigenvalue weighted by atomic mass is 16.5. The zero-order valence-corrected chi connectivity index (χ0v) is 24.3. The van der Waals surface area contributed by atoms with Crippen molar-refractivity contribution in [1.29, 1.82) is 0 Å². The molecule has 4 heteroatoms. The van der Waals surface area contributed by atoms with Crippen LogP contribution in [-0.4, -0.2) is 25.2 Å². The van der Waals surface area contributed by atoms with Crippen molar-refractivity contribution in [1.82, 2.24) is 0 Å². The maximum Gasteiger partial charge on any atom is 0.330 e. The Balaban J connectivity index is 0. The maximum absolute atomic E-state index is 10.8. The van der Waals surface area contributed by atoms with Crippen LogP contribution in [0.15, 0.2) is 25.3 Å². The fourth-order valence-electron chi connectivity index (χ4n) is 3.94. The molecule has 0 heterocycles. The maximum atomic E-state index is 10.8. The molecule has 0 aromatic heterocycles. The monoisotopic (exact) mass is 508 g/mol. The van der Waals surface area contributed by atoms with Gasteiger partial charge in [0.05, 0.1) is 13.2 Å². The summed E-state index contributed by atoms with van der Waals surface area (Å²) in [5.74, 6) is 0.158. The molecule has 0 atom stereocenters. The molecule has 0 fully saturated rings. The summed E-state index contributed by atoms with van der Waals surface area (Å²) in [4.78, 5) is 21.4. The highest BCUT2D eigenvalue weighted by Gasteiger charge is 1.98. The lowest BCUT2D eigenvalue weighted by Crippen LogP contribution is -2.01. The molecule has 0 bridgehead atoms. The van der Waals surface area contributed by atoms with E-state index < -0.39 is 0 Å². The lowest BCUT2D eigenvalue weighted by atomic mass is 10.0. The molecule has 212 valence electrons. The van der Waals surface area contributed by atoms with Gasteiger partial charge in [-0.05, 0) is 18.8 Å². The summed E-state index contributed by atoms with van der Waals surface area (Å²) >= 11 is 0. The molecule has 36 heavy (non-hydrogen) atoms. The minimum absolute atomic E-state index is 0.300. The van der Waals surface area contributed by atoms with Gasteiger partial charge < -0.3 is 9.47 Å². The Morgan fingerprint density at radius 2 is 0.861 bits per heavy atom. The molecule has 0 unspecified atom stereocenters. The van der Waals surface area contributed by atoms with E-state index in [1.807, 2.05) is 0 Å². The number of hydrogen-bond donors (Lipinski definition) is 0. The molecule has 4 nitrogen and oxygen atoms in total. The molecule has 0 rings (SSSR count). The van der Waals surface area contributed by atoms with Gasteiger partial charge in [0.15, 0.2) is 0 Å². The van der Waals surface area contributed by atoms with Gasteiger partial charge in [-0.15, -0.1) is 0 Å². The van der Waals surface area contributed by atoms with Gasteiger partial charge in [0.25, 0.3) is 0 Å². The zero-order valence-electron chi connectivity index (χ0n) is 24.3. The van der Waals surface area contributed by atoms with E-state index in [0.29, 0.717) is 13.2 Å². The Labute approximate surface area is 224 Å². The van der Waals surface area contributed by atoms with Gasteiger partial charge in [-0.2, -0.15) is 0 Å². The molecule has 0 radical (unpaired) electrons. The summed E-state index contributed by atoms with van der Waals surface area (Å²) in [7, 11) is 0. The molecule has 0 aliphatic heterocycles. The third-order valence-corrected chi connectivity index (χ3v) is 6.25. The van der Waals surface area contributed by atoms with Crippen molar-refractivity contribution < 1.29 is 19.1 Å². The fraction of sp³-hybridized carbons (Fsp3) is 0.812. The summed E-state index contributed by atoms with van der Waals surface area (Å²) in [6.07, 6.45) is 28.8. The lowest BCUT2D eigenvalue weighted by molar-refractivity contribution is -0.138. The van der Waals surface area contributed by atoms with Crippen LogP contribution in [0.5, 0.6) is 0 Å². The van der Waals surface area contributed by atoms with Crippen LogP contribution in [0.4, 0.5) is 0 Å². The smallest absolute Gasteiger partial charge is 0.330 e. The van der Waals surface area contributed by atoms with Crippen molar-refractivity contribution in [3.8, 4) is 0 Å². The number of hydrogen-bond acceptors (Lipinski definition) is 4. The van der Waals surface area contributed by atoms with E-state index >= 15 is 0 Å². The first-order valence-electron chi connectivity index (χ1n) is 15.1. The quantitative estimate of drug-likeness (QED) is 0.0699. The Hall–Kier alpha value is -1.58. The van der Waals surface area contributed by atoms with Crippen LogP contribution in [0.1, 0.15) is 149 Å². The Bertz CT molecular complexity index is 498. The van der Waals surface area contributed by atoms with E-state index in [4.69, 9.17) is 9.47 Å². The van der Waals surface area contributed by atoms with Crippen LogP contribution in [0.3, 0.4) is 0 Å². The lowest BCUT2D eigenvalue weighted by Gasteiger charge is -2.04. The predicted molar refractivity (Wildman–Crippen MR) is 155 cm³/mol. The van der Waals surface area contributed by atoms with Crippen molar-refractivity contribution in [3.63, 3.8) is 0 Å². The molecular weight excluding hydrogens is 448 g/mol. The SMILES string of the molecule is C=CC(=O)OCCCCCC(C)C.C=CC(=O)OCCCCCCCCCCCCCCCCCC. The minimum Gasteiger partial charge on any atom is -0.463 e. The molecule has 0 amide bonds. The topological polar surface area (TPSA) is 52.6 Å². The summed E-state index contributed by atoms with van der Waals surface area (Å²) in [6.45, 7) is 14.5. The van der Waals surface area contributed by atoms with Crippen molar-refractivity contribution in [2.75, 3.05) is 13.2 Å². The normalized spacial score (nSPS) is 10.4. The van der Waals surface area contributed by atoms with Crippen molar-refractivity contribution in [2.45, 2.75) is 149 Å². The van der Waals surface area contributed by atoms with Crippen molar-refractivity contribution in [2.24, 2.45) is 5.92 Å². The van der Waals surface area contributed by atoms with Crippen molar-refractivity contribution >= 4 is 11.9 Å². The number of carbonyl (C=O) groups is 2. The fourth-order valence-corrected chi connectivity index (χ4v) is 3.94. The zero-order chi connectivity index (χ0) is 27.1. The first-order valence-corrected chi connectivity index (χ1v) is 15.1. The highest BCUT2D eigenvalue weighted by Crippen LogP contribution is 2.13. The first-order chi connectivity index (χ1) is 17.5. The van der Waals surface area contributed by atoms with E-state index in [1.165, 1.54) is 121 Å². The van der Waals surface area contributed by atoms with E-state index in [0.717, 1.165) is 25.2 Å². The second-order valence-corrected chi connectivity index (χ2v) is 10.3. The largest absolute Gasteiger partial charge is 0.463 e. The molecule has 0 aliphatic rings. The van der Waals surface area contributed by atoms with E-state index in [9.17, 15) is 9.59 Å². The summed E-state index contributed by atoms with van der Waals surface area (Å²) in [5, 5.41) is 0. The highest BCUT2D eigenvalue weighted by molar-refractivity contribution is 5.81. The van der Waals surface area contributed by atoms with Gasteiger partial charge in [-0.25, -0.2) is 9.59 Å². The summed E-state index contributed by atoms with van der Waals surface area (Å²) in [5.41, 5.74) is 0. The van der Waals surface area contributed by atoms with Gasteiger partial charge in [0, 0.05) is 12.2 Å². The molecular formula is C32H60O4. The van der Waals surface area contributed by atoms with E-state index in [2.05, 4.69) is 33.9 Å². The molecule has 0 aliphatic carbocycles.